The number of rotatable bonds is 8. The minimum absolute atomic E-state index is 0.119. The first-order valence-electron chi connectivity index (χ1n) is 17.9. The quantitative estimate of drug-likeness (QED) is 0.230. The number of anilines is 1. The van der Waals surface area contributed by atoms with Crippen molar-refractivity contribution in [2.75, 3.05) is 38.1 Å². The highest BCUT2D eigenvalue weighted by molar-refractivity contribution is 9.10. The van der Waals surface area contributed by atoms with Gasteiger partial charge in [-0.15, -0.1) is 0 Å². The summed E-state index contributed by atoms with van der Waals surface area (Å²) in [5.74, 6) is -0.528. The molecule has 3 aliphatic heterocycles. The second kappa shape index (κ2) is 13.2. The molecule has 0 saturated carbocycles. The SMILES string of the molecule is CCn1ccc(-c2ccccc2CNC(=O)c2c3n(c(=O)n2-c2ccc(N4CC5(CN(C)C5)C4)cc2)C[C@H](C)N(C(=O)c2ccc(Br)c(C)c2)C3)n1. The molecule has 8 rings (SSSR count). The average Bonchev–Trinajstić information content (AvgIpc) is 3.71. The van der Waals surface area contributed by atoms with Crippen molar-refractivity contribution in [3.63, 3.8) is 0 Å². The monoisotopic (exact) mass is 762 g/mol. The fourth-order valence-corrected chi connectivity index (χ4v) is 8.47. The zero-order valence-electron chi connectivity index (χ0n) is 30.0. The molecule has 268 valence electrons. The molecule has 1 N–H and O–H groups in total. The van der Waals surface area contributed by atoms with Crippen LogP contribution in [0.25, 0.3) is 16.9 Å². The summed E-state index contributed by atoms with van der Waals surface area (Å²) in [6.07, 6.45) is 1.94. The molecule has 3 aromatic carbocycles. The lowest BCUT2D eigenvalue weighted by Crippen LogP contribution is -2.71. The van der Waals surface area contributed by atoms with Gasteiger partial charge >= 0.3 is 5.69 Å². The van der Waals surface area contributed by atoms with Crippen molar-refractivity contribution in [3.05, 3.63) is 122 Å². The highest BCUT2D eigenvalue weighted by atomic mass is 79.9. The summed E-state index contributed by atoms with van der Waals surface area (Å²) in [7, 11) is 2.16. The Balaban J connectivity index is 1.13. The van der Waals surface area contributed by atoms with E-state index in [1.54, 1.807) is 15.5 Å². The lowest BCUT2D eigenvalue weighted by molar-refractivity contribution is -0.00238. The minimum atomic E-state index is -0.385. The molecular formula is C40H43BrN8O3. The number of carbonyl (C=O) groups excluding carboxylic acids is 2. The molecule has 52 heavy (non-hydrogen) atoms. The Labute approximate surface area is 311 Å². The van der Waals surface area contributed by atoms with E-state index in [4.69, 9.17) is 0 Å². The van der Waals surface area contributed by atoms with Crippen LogP contribution < -0.4 is 15.9 Å². The van der Waals surface area contributed by atoms with Gasteiger partial charge in [0.2, 0.25) is 0 Å². The van der Waals surface area contributed by atoms with Crippen LogP contribution in [-0.2, 0) is 26.2 Å². The van der Waals surface area contributed by atoms with Crippen molar-refractivity contribution in [2.45, 2.75) is 53.0 Å². The number of nitrogens with one attached hydrogen (secondary N) is 1. The maximum atomic E-state index is 14.4. The van der Waals surface area contributed by atoms with E-state index in [9.17, 15) is 14.4 Å². The predicted molar refractivity (Wildman–Crippen MR) is 205 cm³/mol. The van der Waals surface area contributed by atoms with Gasteiger partial charge in [-0.1, -0.05) is 40.2 Å². The van der Waals surface area contributed by atoms with Crippen LogP contribution in [0, 0.1) is 12.3 Å². The van der Waals surface area contributed by atoms with Crippen LogP contribution in [0.4, 0.5) is 5.69 Å². The molecule has 5 aromatic rings. The smallest absolute Gasteiger partial charge is 0.333 e. The molecular weight excluding hydrogens is 720 g/mol. The molecule has 11 nitrogen and oxygen atoms in total. The number of aryl methyl sites for hydroxylation is 2. The number of carbonyl (C=O) groups is 2. The van der Waals surface area contributed by atoms with Gasteiger partial charge in [0.05, 0.1) is 23.6 Å². The molecule has 0 aliphatic carbocycles. The molecule has 0 unspecified atom stereocenters. The first kappa shape index (κ1) is 34.2. The number of fused-ring (bicyclic) bond motifs is 1. The molecule has 2 saturated heterocycles. The molecule has 2 aromatic heterocycles. The van der Waals surface area contributed by atoms with Crippen molar-refractivity contribution < 1.29 is 9.59 Å². The van der Waals surface area contributed by atoms with Gasteiger partial charge in [-0.3, -0.25) is 23.4 Å². The summed E-state index contributed by atoms with van der Waals surface area (Å²) < 4.78 is 5.99. The third-order valence-electron chi connectivity index (χ3n) is 10.9. The van der Waals surface area contributed by atoms with Gasteiger partial charge in [-0.05, 0) is 87.5 Å². The Morgan fingerprint density at radius 2 is 1.71 bits per heavy atom. The zero-order valence-corrected chi connectivity index (χ0v) is 31.6. The first-order chi connectivity index (χ1) is 25.0. The van der Waals surface area contributed by atoms with Crippen LogP contribution in [0.2, 0.25) is 0 Å². The number of nitrogens with zero attached hydrogens (tertiary/aromatic N) is 7. The number of benzene rings is 3. The second-order valence-corrected chi connectivity index (χ2v) is 15.6. The van der Waals surface area contributed by atoms with Gasteiger partial charge in [0, 0.05) is 84.8 Å². The molecule has 0 radical (unpaired) electrons. The topological polar surface area (TPSA) is 101 Å². The van der Waals surface area contributed by atoms with Crippen molar-refractivity contribution in [1.82, 2.24) is 34.0 Å². The minimum Gasteiger partial charge on any atom is -0.370 e. The van der Waals surface area contributed by atoms with Gasteiger partial charge in [-0.25, -0.2) is 4.79 Å². The van der Waals surface area contributed by atoms with E-state index >= 15 is 0 Å². The second-order valence-electron chi connectivity index (χ2n) is 14.7. The summed E-state index contributed by atoms with van der Waals surface area (Å²) in [5.41, 5.74) is 6.74. The highest BCUT2D eigenvalue weighted by Gasteiger charge is 2.50. The lowest BCUT2D eigenvalue weighted by atomic mass is 9.73. The van der Waals surface area contributed by atoms with Crippen molar-refractivity contribution in [1.29, 1.82) is 0 Å². The number of hydrogen-bond donors (Lipinski definition) is 1. The third-order valence-corrected chi connectivity index (χ3v) is 11.7. The van der Waals surface area contributed by atoms with Crippen molar-refractivity contribution >= 4 is 33.4 Å². The van der Waals surface area contributed by atoms with E-state index in [2.05, 4.69) is 43.2 Å². The molecule has 3 aliphatic rings. The number of amides is 2. The van der Waals surface area contributed by atoms with Crippen LogP contribution in [0.1, 0.15) is 51.5 Å². The number of halogens is 1. The third kappa shape index (κ3) is 5.97. The normalized spacial score (nSPS) is 17.8. The van der Waals surface area contributed by atoms with E-state index in [0.717, 1.165) is 65.3 Å². The Morgan fingerprint density at radius 3 is 2.40 bits per heavy atom. The summed E-state index contributed by atoms with van der Waals surface area (Å²) in [4.78, 5) is 49.2. The summed E-state index contributed by atoms with van der Waals surface area (Å²) in [5, 5.41) is 7.81. The van der Waals surface area contributed by atoms with Gasteiger partial charge < -0.3 is 20.0 Å². The van der Waals surface area contributed by atoms with Gasteiger partial charge in [0.1, 0.15) is 5.69 Å². The zero-order chi connectivity index (χ0) is 36.3. The van der Waals surface area contributed by atoms with E-state index in [1.165, 1.54) is 4.57 Å². The largest absolute Gasteiger partial charge is 0.370 e. The number of likely N-dealkylation sites (tertiary alicyclic amines) is 1. The van der Waals surface area contributed by atoms with E-state index in [0.29, 0.717) is 22.4 Å². The Bertz CT molecular complexity index is 2240. The first-order valence-corrected chi connectivity index (χ1v) is 18.7. The van der Waals surface area contributed by atoms with Gasteiger partial charge in [-0.2, -0.15) is 5.10 Å². The highest BCUT2D eigenvalue weighted by Crippen LogP contribution is 2.41. The molecule has 0 bridgehead atoms. The molecule has 1 spiro atoms. The average molecular weight is 764 g/mol. The molecule has 5 heterocycles. The summed E-state index contributed by atoms with van der Waals surface area (Å²) in [6, 6.07) is 23.1. The number of aromatic nitrogens is 4. The van der Waals surface area contributed by atoms with Crippen LogP contribution in [0.3, 0.4) is 0 Å². The molecule has 12 heteroatoms. The van der Waals surface area contributed by atoms with Crippen LogP contribution in [0.5, 0.6) is 0 Å². The lowest BCUT2D eigenvalue weighted by Gasteiger charge is -2.60. The van der Waals surface area contributed by atoms with E-state index < -0.39 is 0 Å². The standard InChI is InChI=1S/C40H43BrN8O3/c1-5-46-17-16-34(43-46)32-9-7-6-8-29(32)19-42-37(50)36-35-21-47(38(51)28-10-15-33(41)26(2)18-28)27(3)20-48(35)39(52)49(36)31-13-11-30(12-14-31)45-24-40(25-45)22-44(4)23-40/h6-18,27H,5,19-25H2,1-4H3,(H,42,50)/t27-/m0/s1. The fraction of sp³-hybridized carbons (Fsp3) is 0.350. The number of hydrogen-bond acceptors (Lipinski definition) is 6. The Morgan fingerprint density at radius 1 is 0.981 bits per heavy atom. The maximum absolute atomic E-state index is 14.4. The van der Waals surface area contributed by atoms with Gasteiger partial charge in [0.25, 0.3) is 11.8 Å². The predicted octanol–water partition coefficient (Wildman–Crippen LogP) is 5.32. The fourth-order valence-electron chi connectivity index (χ4n) is 8.23. The Kier molecular flexibility index (Phi) is 8.70. The van der Waals surface area contributed by atoms with Crippen LogP contribution in [-0.4, -0.2) is 79.8 Å². The molecule has 1 atom stereocenters. The van der Waals surface area contributed by atoms with Gasteiger partial charge in [0.15, 0.2) is 0 Å². The van der Waals surface area contributed by atoms with E-state index in [-0.39, 0.29) is 48.9 Å². The summed E-state index contributed by atoms with van der Waals surface area (Å²) >= 11 is 3.53. The number of imidazole rings is 1. The van der Waals surface area contributed by atoms with Crippen LogP contribution in [0.15, 0.2) is 88.3 Å². The van der Waals surface area contributed by atoms with Crippen LogP contribution >= 0.6 is 15.9 Å². The maximum Gasteiger partial charge on any atom is 0.333 e. The summed E-state index contributed by atoms with van der Waals surface area (Å²) in [6.45, 7) is 11.6. The molecule has 2 amide bonds. The van der Waals surface area contributed by atoms with Crippen molar-refractivity contribution in [2.24, 2.45) is 5.41 Å². The van der Waals surface area contributed by atoms with Crippen molar-refractivity contribution in [3.8, 4) is 16.9 Å². The molecule has 2 fully saturated rings. The Hall–Kier alpha value is -4.94. The van der Waals surface area contributed by atoms with E-state index in [1.807, 2.05) is 98.4 Å².